The first kappa shape index (κ1) is 23.9. The van der Waals surface area contributed by atoms with Crippen molar-refractivity contribution in [1.82, 2.24) is 9.80 Å². The summed E-state index contributed by atoms with van der Waals surface area (Å²) in [5, 5.41) is 11.7. The highest BCUT2D eigenvalue weighted by molar-refractivity contribution is 6.16. The summed E-state index contributed by atoms with van der Waals surface area (Å²) in [6.07, 6.45) is 0. The summed E-state index contributed by atoms with van der Waals surface area (Å²) in [6.45, 7) is 3.71. The Hall–Kier alpha value is -3.82. The summed E-state index contributed by atoms with van der Waals surface area (Å²) < 4.78 is 22.0. The first-order valence-corrected chi connectivity index (χ1v) is 11.8. The van der Waals surface area contributed by atoms with Gasteiger partial charge in [0, 0.05) is 31.6 Å². The Labute approximate surface area is 208 Å². The number of fused-ring (bicyclic) bond motifs is 1. The average Bonchev–Trinajstić information content (AvgIpc) is 3.47. The number of hydrogen-bond donors (Lipinski definition) is 1. The van der Waals surface area contributed by atoms with Crippen LogP contribution in [0.15, 0.2) is 64.3 Å². The van der Waals surface area contributed by atoms with Gasteiger partial charge in [-0.1, -0.05) is 24.3 Å². The van der Waals surface area contributed by atoms with Crippen molar-refractivity contribution >= 4 is 22.7 Å². The summed E-state index contributed by atoms with van der Waals surface area (Å²) in [6, 6.07) is 13.3. The Kier molecular flexibility index (Phi) is 6.67. The smallest absolute Gasteiger partial charge is 0.290 e. The molecule has 2 aliphatic rings. The van der Waals surface area contributed by atoms with Crippen LogP contribution in [0.25, 0.3) is 11.0 Å². The summed E-state index contributed by atoms with van der Waals surface area (Å²) in [5.74, 6) is -0.619. The summed E-state index contributed by atoms with van der Waals surface area (Å²) >= 11 is 0. The molecule has 0 spiro atoms. The molecule has 1 atom stereocenters. The zero-order valence-electron chi connectivity index (χ0n) is 20.2. The second-order valence-corrected chi connectivity index (χ2v) is 8.71. The molecular weight excluding hydrogens is 464 g/mol. The lowest BCUT2D eigenvalue weighted by Crippen LogP contribution is -2.43. The second kappa shape index (κ2) is 10.0. The summed E-state index contributed by atoms with van der Waals surface area (Å²) in [4.78, 5) is 30.8. The third-order valence-corrected chi connectivity index (χ3v) is 6.67. The fourth-order valence-electron chi connectivity index (χ4n) is 4.79. The van der Waals surface area contributed by atoms with Crippen molar-refractivity contribution in [3.63, 3.8) is 0 Å². The van der Waals surface area contributed by atoms with E-state index in [4.69, 9.17) is 18.6 Å². The van der Waals surface area contributed by atoms with E-state index < -0.39 is 23.5 Å². The Balaban J connectivity index is 1.53. The van der Waals surface area contributed by atoms with Crippen LogP contribution in [0, 0.1) is 0 Å². The molecule has 188 valence electrons. The van der Waals surface area contributed by atoms with Gasteiger partial charge in [0.2, 0.25) is 5.78 Å². The topological polar surface area (TPSA) is 102 Å². The van der Waals surface area contributed by atoms with Crippen molar-refractivity contribution in [2.75, 3.05) is 53.6 Å². The van der Waals surface area contributed by atoms with Crippen molar-refractivity contribution in [2.24, 2.45) is 0 Å². The number of benzene rings is 2. The van der Waals surface area contributed by atoms with E-state index in [1.54, 1.807) is 49.6 Å². The average molecular weight is 493 g/mol. The highest BCUT2D eigenvalue weighted by atomic mass is 16.5. The van der Waals surface area contributed by atoms with Crippen molar-refractivity contribution in [3.8, 4) is 11.5 Å². The van der Waals surface area contributed by atoms with E-state index in [-0.39, 0.29) is 11.3 Å². The number of aliphatic hydroxyl groups is 1. The van der Waals surface area contributed by atoms with Crippen LogP contribution >= 0.6 is 0 Å². The van der Waals surface area contributed by atoms with Crippen LogP contribution in [-0.2, 0) is 9.53 Å². The predicted molar refractivity (Wildman–Crippen MR) is 131 cm³/mol. The van der Waals surface area contributed by atoms with E-state index in [2.05, 4.69) is 4.90 Å². The van der Waals surface area contributed by atoms with Crippen LogP contribution in [0.2, 0.25) is 0 Å². The summed E-state index contributed by atoms with van der Waals surface area (Å²) in [5.41, 5.74) is 1.06. The van der Waals surface area contributed by atoms with Crippen molar-refractivity contribution < 1.29 is 33.3 Å². The Morgan fingerprint density at radius 1 is 1.06 bits per heavy atom. The second-order valence-electron chi connectivity index (χ2n) is 8.71. The maximum absolute atomic E-state index is 13.8. The van der Waals surface area contributed by atoms with Crippen molar-refractivity contribution in [3.05, 3.63) is 71.2 Å². The first-order valence-electron chi connectivity index (χ1n) is 11.8. The number of Topliss-reactive ketones (excluding diaryl/α,β-unsaturated/α-hetero) is 1. The molecular formula is C27H28N2O7. The third kappa shape index (κ3) is 4.31. The van der Waals surface area contributed by atoms with Crippen LogP contribution < -0.4 is 9.47 Å². The van der Waals surface area contributed by atoms with Gasteiger partial charge >= 0.3 is 0 Å². The molecule has 1 aromatic heterocycles. The monoisotopic (exact) mass is 492 g/mol. The zero-order valence-corrected chi connectivity index (χ0v) is 20.2. The molecule has 9 nitrogen and oxygen atoms in total. The number of para-hydroxylation sites is 1. The molecule has 3 heterocycles. The molecule has 1 fully saturated rings. The summed E-state index contributed by atoms with van der Waals surface area (Å²) in [7, 11) is 3.07. The number of methoxy groups -OCH3 is 2. The quantitative estimate of drug-likeness (QED) is 0.478. The standard InChI is InChI=1S/C27H28N2O7/c1-33-19-7-3-5-17(15-19)23-22(24(30)21-16-18-6-4-8-20(34-2)26(18)36-21)25(31)27(32)29(23)10-9-28-11-13-35-14-12-28/h3-8,15-16,23,31H,9-14H2,1-2H3/t23-/m0/s1. The highest BCUT2D eigenvalue weighted by Gasteiger charge is 2.44. The molecule has 36 heavy (non-hydrogen) atoms. The van der Waals surface area contributed by atoms with Gasteiger partial charge in [-0.05, 0) is 29.8 Å². The minimum atomic E-state index is -0.795. The lowest BCUT2D eigenvalue weighted by atomic mass is 9.95. The van der Waals surface area contributed by atoms with Gasteiger partial charge in [0.15, 0.2) is 22.9 Å². The number of ether oxygens (including phenoxy) is 3. The molecule has 0 unspecified atom stereocenters. The number of rotatable bonds is 8. The number of nitrogens with zero attached hydrogens (tertiary/aromatic N) is 2. The van der Waals surface area contributed by atoms with Gasteiger partial charge in [0.25, 0.3) is 5.91 Å². The maximum atomic E-state index is 13.8. The van der Waals surface area contributed by atoms with Gasteiger partial charge in [-0.15, -0.1) is 0 Å². The molecule has 3 aromatic rings. The number of ketones is 1. The fraction of sp³-hybridized carbons (Fsp3) is 0.333. The lowest BCUT2D eigenvalue weighted by molar-refractivity contribution is -0.129. The van der Waals surface area contributed by atoms with E-state index in [9.17, 15) is 14.7 Å². The van der Waals surface area contributed by atoms with Gasteiger partial charge < -0.3 is 28.6 Å². The number of carbonyl (C=O) groups excluding carboxylic acids is 2. The molecule has 9 heteroatoms. The van der Waals surface area contributed by atoms with Gasteiger partial charge in [-0.2, -0.15) is 0 Å². The number of hydrogen-bond acceptors (Lipinski definition) is 8. The number of amides is 1. The van der Waals surface area contributed by atoms with E-state index in [0.29, 0.717) is 54.3 Å². The first-order chi connectivity index (χ1) is 17.5. The molecule has 0 bridgehead atoms. The van der Waals surface area contributed by atoms with E-state index in [1.165, 1.54) is 12.0 Å². The maximum Gasteiger partial charge on any atom is 0.290 e. The van der Waals surface area contributed by atoms with Gasteiger partial charge in [-0.25, -0.2) is 0 Å². The van der Waals surface area contributed by atoms with Crippen LogP contribution in [0.4, 0.5) is 0 Å². The van der Waals surface area contributed by atoms with Gasteiger partial charge in [0.1, 0.15) is 5.75 Å². The van der Waals surface area contributed by atoms with Crippen LogP contribution in [0.3, 0.4) is 0 Å². The molecule has 0 aliphatic carbocycles. The molecule has 0 saturated carbocycles. The molecule has 1 saturated heterocycles. The van der Waals surface area contributed by atoms with E-state index >= 15 is 0 Å². The molecule has 2 aromatic carbocycles. The predicted octanol–water partition coefficient (Wildman–Crippen LogP) is 3.36. The van der Waals surface area contributed by atoms with Crippen molar-refractivity contribution in [1.29, 1.82) is 0 Å². The number of aliphatic hydroxyl groups excluding tert-OH is 1. The Bertz CT molecular complexity index is 1320. The number of morpholine rings is 1. The Morgan fingerprint density at radius 2 is 1.83 bits per heavy atom. The van der Waals surface area contributed by atoms with Gasteiger partial charge in [-0.3, -0.25) is 14.5 Å². The molecule has 5 rings (SSSR count). The minimum absolute atomic E-state index is 0.0201. The van der Waals surface area contributed by atoms with Gasteiger partial charge in [0.05, 0.1) is 39.0 Å². The normalized spacial score (nSPS) is 18.8. The number of furan rings is 1. The van der Waals surface area contributed by atoms with Crippen LogP contribution in [0.5, 0.6) is 11.5 Å². The highest BCUT2D eigenvalue weighted by Crippen LogP contribution is 2.41. The van der Waals surface area contributed by atoms with Crippen molar-refractivity contribution in [2.45, 2.75) is 6.04 Å². The van der Waals surface area contributed by atoms with E-state index in [1.807, 2.05) is 6.07 Å². The zero-order chi connectivity index (χ0) is 25.2. The Morgan fingerprint density at radius 3 is 2.58 bits per heavy atom. The number of carbonyl (C=O) groups is 2. The molecule has 1 amide bonds. The molecule has 0 radical (unpaired) electrons. The SMILES string of the molecule is COc1cccc([C@H]2C(C(=O)c3cc4cccc(OC)c4o3)=C(O)C(=O)N2CCN2CCOCC2)c1. The molecule has 1 N–H and O–H groups in total. The fourth-order valence-corrected chi connectivity index (χ4v) is 4.79. The van der Waals surface area contributed by atoms with Crippen LogP contribution in [-0.4, -0.2) is 80.2 Å². The van der Waals surface area contributed by atoms with E-state index in [0.717, 1.165) is 13.1 Å². The van der Waals surface area contributed by atoms with Crippen LogP contribution in [0.1, 0.15) is 22.2 Å². The lowest BCUT2D eigenvalue weighted by Gasteiger charge is -2.31. The molecule has 2 aliphatic heterocycles. The third-order valence-electron chi connectivity index (χ3n) is 6.67. The minimum Gasteiger partial charge on any atom is -0.503 e. The largest absolute Gasteiger partial charge is 0.503 e.